The van der Waals surface area contributed by atoms with Crippen molar-refractivity contribution in [3.63, 3.8) is 0 Å². The minimum atomic E-state index is -2.70. The highest BCUT2D eigenvalue weighted by Crippen LogP contribution is 2.30. The predicted octanol–water partition coefficient (Wildman–Crippen LogP) is 5.55. The molecule has 3 aromatic carbocycles. The van der Waals surface area contributed by atoms with E-state index in [2.05, 4.69) is 96.0 Å². The summed E-state index contributed by atoms with van der Waals surface area (Å²) in [5.41, 5.74) is 5.03. The van der Waals surface area contributed by atoms with E-state index in [0.717, 1.165) is 0 Å². The average molecular weight is 471 g/mol. The lowest BCUT2D eigenvalue weighted by molar-refractivity contribution is 0.263. The van der Waals surface area contributed by atoms with Crippen LogP contribution in [0.25, 0.3) is 5.57 Å². The van der Waals surface area contributed by atoms with Crippen molar-refractivity contribution in [2.24, 2.45) is 0 Å². The third-order valence-corrected chi connectivity index (χ3v) is 4.58. The maximum Gasteiger partial charge on any atom is 0.707 e. The van der Waals surface area contributed by atoms with Crippen LogP contribution in [0.3, 0.4) is 0 Å². The molecule has 0 fully saturated rings. The molecule has 9 heteroatoms. The van der Waals surface area contributed by atoms with Crippen LogP contribution >= 0.6 is 0 Å². The summed E-state index contributed by atoms with van der Waals surface area (Å²) in [5.74, 6) is -13.1. The van der Waals surface area contributed by atoms with Gasteiger partial charge in [-0.1, -0.05) is 36.4 Å². The Labute approximate surface area is 192 Å². The molecular formula is C25H17BF5O3+. The lowest BCUT2D eigenvalue weighted by Crippen LogP contribution is -2.23. The summed E-state index contributed by atoms with van der Waals surface area (Å²) in [6.07, 6.45) is 10.5. The van der Waals surface area contributed by atoms with Crippen molar-refractivity contribution in [1.82, 2.24) is 0 Å². The van der Waals surface area contributed by atoms with Crippen molar-refractivity contribution in [3.8, 4) is 5.75 Å². The molecular weight excluding hydrogens is 454 g/mol. The molecule has 0 atom stereocenters. The Balaban J connectivity index is 0.000000197. The Hall–Kier alpha value is -3.82. The van der Waals surface area contributed by atoms with Gasteiger partial charge in [-0.25, -0.2) is 13.2 Å². The third-order valence-electron chi connectivity index (χ3n) is 4.58. The topological polar surface area (TPSA) is 49.7 Å². The van der Waals surface area contributed by atoms with Gasteiger partial charge in [0.2, 0.25) is 29.1 Å². The first-order valence-corrected chi connectivity index (χ1v) is 9.88. The number of halogens is 5. The maximum absolute atomic E-state index is 12.7. The van der Waals surface area contributed by atoms with E-state index in [0.29, 0.717) is 0 Å². The first-order chi connectivity index (χ1) is 16.3. The zero-order valence-corrected chi connectivity index (χ0v) is 17.4. The van der Waals surface area contributed by atoms with E-state index in [1.807, 2.05) is 0 Å². The number of benzene rings is 3. The molecule has 3 aromatic rings. The van der Waals surface area contributed by atoms with E-state index in [-0.39, 0.29) is 0 Å². The maximum atomic E-state index is 12.7. The summed E-state index contributed by atoms with van der Waals surface area (Å²) in [5, 5.41) is 16.3. The van der Waals surface area contributed by atoms with E-state index in [4.69, 9.17) is 10.0 Å². The van der Waals surface area contributed by atoms with Crippen LogP contribution < -0.4 is 4.65 Å². The minimum absolute atomic E-state index is 1.25. The fraction of sp³-hybridized carbons (Fsp3) is 0. The molecule has 0 bridgehead atoms. The molecule has 2 N–H and O–H groups in total. The standard InChI is InChI=1S/C19H15.C6H2BF5O3/c1-4-10-16(11-5-1)19(17-12-6-2-7-13-17)18-14-8-3-9-15-18;8-1-2(9)4(11)6(15-7(13)14)5(12)3(1)10/h1-15H;13-14H/q+1;. The fourth-order valence-electron chi connectivity index (χ4n) is 3.11. The molecule has 4 rings (SSSR count). The van der Waals surface area contributed by atoms with E-state index < -0.39 is 42.2 Å². The minimum Gasteiger partial charge on any atom is -0.507 e. The molecule has 0 aromatic heterocycles. The average Bonchev–Trinajstić information content (AvgIpc) is 2.87. The van der Waals surface area contributed by atoms with Crippen LogP contribution in [-0.2, 0) is 0 Å². The van der Waals surface area contributed by atoms with Gasteiger partial charge >= 0.3 is 7.32 Å². The molecule has 0 heterocycles. The summed E-state index contributed by atoms with van der Waals surface area (Å²) in [6.45, 7) is 0. The summed E-state index contributed by atoms with van der Waals surface area (Å²) in [7, 11) is -2.70. The van der Waals surface area contributed by atoms with Crippen molar-refractivity contribution in [1.29, 1.82) is 0 Å². The first kappa shape index (κ1) is 24.8. The zero-order chi connectivity index (χ0) is 24.7. The SMILES string of the molecule is C1=C[CH+]C(=C(c2ccccc2)c2ccccc2)C=C1.OB(O)Oc1c(F)c(F)c(F)c(F)c1F. The highest BCUT2D eigenvalue weighted by atomic mass is 19.2. The van der Waals surface area contributed by atoms with Gasteiger partial charge in [-0.15, -0.1) is 0 Å². The predicted molar refractivity (Wildman–Crippen MR) is 119 cm³/mol. The fourth-order valence-corrected chi connectivity index (χ4v) is 3.11. The largest absolute Gasteiger partial charge is 0.707 e. The Morgan fingerprint density at radius 1 is 0.676 bits per heavy atom. The quantitative estimate of drug-likeness (QED) is 0.173. The normalized spacial score (nSPS) is 11.9. The van der Waals surface area contributed by atoms with Gasteiger partial charge in [0.25, 0.3) is 0 Å². The number of hydrogen-bond acceptors (Lipinski definition) is 3. The summed E-state index contributed by atoms with van der Waals surface area (Å²) < 4.78 is 66.3. The highest BCUT2D eigenvalue weighted by molar-refractivity contribution is 6.33. The molecule has 0 unspecified atom stereocenters. The van der Waals surface area contributed by atoms with Gasteiger partial charge in [0.05, 0.1) is 5.57 Å². The van der Waals surface area contributed by atoms with Crippen molar-refractivity contribution < 1.29 is 36.7 Å². The Kier molecular flexibility index (Phi) is 8.29. The van der Waals surface area contributed by atoms with Gasteiger partial charge in [0.1, 0.15) is 5.57 Å². The Morgan fingerprint density at radius 3 is 1.56 bits per heavy atom. The molecule has 172 valence electrons. The monoisotopic (exact) mass is 471 g/mol. The summed E-state index contributed by atoms with van der Waals surface area (Å²) in [6, 6.07) is 21.1. The molecule has 1 aliphatic carbocycles. The van der Waals surface area contributed by atoms with Gasteiger partial charge in [0.15, 0.2) is 5.75 Å². The van der Waals surface area contributed by atoms with Gasteiger partial charge < -0.3 is 14.7 Å². The van der Waals surface area contributed by atoms with Gasteiger partial charge in [-0.05, 0) is 24.3 Å². The second-order valence-electron chi connectivity index (χ2n) is 6.82. The smallest absolute Gasteiger partial charge is 0.507 e. The summed E-state index contributed by atoms with van der Waals surface area (Å²) >= 11 is 0. The first-order valence-electron chi connectivity index (χ1n) is 9.88. The lowest BCUT2D eigenvalue weighted by Gasteiger charge is -2.08. The van der Waals surface area contributed by atoms with Crippen LogP contribution in [-0.4, -0.2) is 17.4 Å². The van der Waals surface area contributed by atoms with Gasteiger partial charge in [-0.3, -0.25) is 0 Å². The van der Waals surface area contributed by atoms with E-state index in [9.17, 15) is 22.0 Å². The molecule has 1 aliphatic rings. The van der Waals surface area contributed by atoms with Crippen LogP contribution in [0.4, 0.5) is 22.0 Å². The zero-order valence-electron chi connectivity index (χ0n) is 17.4. The number of hydrogen-bond donors (Lipinski definition) is 2. The van der Waals surface area contributed by atoms with Crippen LogP contribution in [0.1, 0.15) is 11.1 Å². The second-order valence-corrected chi connectivity index (χ2v) is 6.82. The van der Waals surface area contributed by atoms with Crippen LogP contribution in [0.15, 0.2) is 90.5 Å². The Morgan fingerprint density at radius 2 is 1.15 bits per heavy atom. The number of allylic oxidation sites excluding steroid dienone is 5. The summed E-state index contributed by atoms with van der Waals surface area (Å²) in [4.78, 5) is 0. The molecule has 0 amide bonds. The van der Waals surface area contributed by atoms with Crippen LogP contribution in [0, 0.1) is 35.5 Å². The van der Waals surface area contributed by atoms with E-state index in [1.54, 1.807) is 0 Å². The van der Waals surface area contributed by atoms with Crippen molar-refractivity contribution in [3.05, 3.63) is 137 Å². The third kappa shape index (κ3) is 5.75. The molecule has 0 saturated heterocycles. The second kappa shape index (κ2) is 11.4. The molecule has 34 heavy (non-hydrogen) atoms. The van der Waals surface area contributed by atoms with Crippen LogP contribution in [0.5, 0.6) is 5.75 Å². The lowest BCUT2D eigenvalue weighted by atomic mass is 9.90. The van der Waals surface area contributed by atoms with Gasteiger partial charge in [-0.2, -0.15) is 8.78 Å². The van der Waals surface area contributed by atoms with E-state index in [1.165, 1.54) is 22.3 Å². The van der Waals surface area contributed by atoms with Crippen LogP contribution in [0.2, 0.25) is 0 Å². The van der Waals surface area contributed by atoms with E-state index >= 15 is 0 Å². The highest BCUT2D eigenvalue weighted by Gasteiger charge is 2.29. The van der Waals surface area contributed by atoms with Gasteiger partial charge in [0, 0.05) is 41.9 Å². The molecule has 3 nitrogen and oxygen atoms in total. The number of rotatable bonds is 4. The molecule has 0 aliphatic heterocycles. The molecule has 0 radical (unpaired) electrons. The van der Waals surface area contributed by atoms with Crippen molar-refractivity contribution >= 4 is 12.9 Å². The van der Waals surface area contributed by atoms with Crippen molar-refractivity contribution in [2.75, 3.05) is 0 Å². The Bertz CT molecular complexity index is 1160. The molecule has 0 spiro atoms. The molecule has 0 saturated carbocycles. The van der Waals surface area contributed by atoms with Crippen molar-refractivity contribution in [2.45, 2.75) is 0 Å².